The average Bonchev–Trinajstić information content (AvgIpc) is 2.25. The van der Waals surface area contributed by atoms with E-state index in [9.17, 15) is 0 Å². The number of nitrogens with two attached hydrogens (primary N) is 1. The van der Waals surface area contributed by atoms with Crippen molar-refractivity contribution in [3.8, 4) is 0 Å². The normalized spacial score (nSPS) is 12.7. The van der Waals surface area contributed by atoms with E-state index in [-0.39, 0.29) is 0 Å². The molecule has 0 saturated heterocycles. The van der Waals surface area contributed by atoms with Crippen molar-refractivity contribution >= 4 is 0 Å². The molecule has 1 atom stereocenters. The highest BCUT2D eigenvalue weighted by molar-refractivity contribution is 5.09. The Balaban J connectivity index is 2.58. The van der Waals surface area contributed by atoms with E-state index in [0.29, 0.717) is 5.92 Å². The Morgan fingerprint density at radius 1 is 1.36 bits per heavy atom. The maximum atomic E-state index is 5.53. The van der Waals surface area contributed by atoms with E-state index in [0.717, 1.165) is 13.0 Å². The Bertz CT molecular complexity index is 233. The second kappa shape index (κ2) is 6.55. The largest absolute Gasteiger partial charge is 0.330 e. The van der Waals surface area contributed by atoms with Crippen LogP contribution in [0.4, 0.5) is 0 Å². The smallest absolute Gasteiger partial charge is 0.0434 e. The van der Waals surface area contributed by atoms with E-state index in [1.807, 2.05) is 12.3 Å². The van der Waals surface area contributed by atoms with E-state index in [2.05, 4.69) is 24.0 Å². The topological polar surface area (TPSA) is 38.9 Å². The van der Waals surface area contributed by atoms with Crippen LogP contribution in [0, 0.1) is 0 Å². The summed E-state index contributed by atoms with van der Waals surface area (Å²) >= 11 is 0. The van der Waals surface area contributed by atoms with Crippen molar-refractivity contribution in [2.75, 3.05) is 6.54 Å². The molecule has 0 spiro atoms. The maximum absolute atomic E-state index is 5.53. The molecule has 1 rings (SSSR count). The van der Waals surface area contributed by atoms with Crippen LogP contribution in [0.3, 0.4) is 0 Å². The summed E-state index contributed by atoms with van der Waals surface area (Å²) in [5.41, 5.74) is 6.76. The number of rotatable bonds is 6. The number of pyridine rings is 1. The van der Waals surface area contributed by atoms with Gasteiger partial charge in [0.2, 0.25) is 0 Å². The van der Waals surface area contributed by atoms with Gasteiger partial charge in [0.15, 0.2) is 0 Å². The van der Waals surface area contributed by atoms with Crippen molar-refractivity contribution in [2.24, 2.45) is 5.73 Å². The summed E-state index contributed by atoms with van der Waals surface area (Å²) < 4.78 is 0. The van der Waals surface area contributed by atoms with Crippen molar-refractivity contribution in [1.29, 1.82) is 0 Å². The van der Waals surface area contributed by atoms with Crippen LogP contribution < -0.4 is 5.73 Å². The molecule has 1 aromatic heterocycles. The monoisotopic (exact) mass is 192 g/mol. The molecule has 0 amide bonds. The molecule has 2 N–H and O–H groups in total. The molecule has 2 nitrogen and oxygen atoms in total. The zero-order valence-electron chi connectivity index (χ0n) is 8.95. The predicted molar refractivity (Wildman–Crippen MR) is 60.2 cm³/mol. The first-order chi connectivity index (χ1) is 6.88. The van der Waals surface area contributed by atoms with Gasteiger partial charge >= 0.3 is 0 Å². The summed E-state index contributed by atoms with van der Waals surface area (Å²) in [5, 5.41) is 0. The standard InChI is InChI=1S/C12H20N2/c1-2-6-11(7-5-9-13)12-8-3-4-10-14-12/h3-4,8,10-11H,2,5-7,9,13H2,1H3. The van der Waals surface area contributed by atoms with Crippen molar-refractivity contribution in [1.82, 2.24) is 4.98 Å². The molecule has 0 bridgehead atoms. The van der Waals surface area contributed by atoms with Gasteiger partial charge in [0.1, 0.15) is 0 Å². The van der Waals surface area contributed by atoms with Crippen LogP contribution in [0.2, 0.25) is 0 Å². The average molecular weight is 192 g/mol. The zero-order chi connectivity index (χ0) is 10.2. The fourth-order valence-electron chi connectivity index (χ4n) is 1.77. The molecule has 1 unspecified atom stereocenters. The summed E-state index contributed by atoms with van der Waals surface area (Å²) in [4.78, 5) is 4.41. The highest BCUT2D eigenvalue weighted by Gasteiger charge is 2.10. The third kappa shape index (κ3) is 3.46. The second-order valence-electron chi connectivity index (χ2n) is 3.67. The molecule has 0 fully saturated rings. The molecule has 0 aliphatic carbocycles. The lowest BCUT2D eigenvalue weighted by Crippen LogP contribution is -2.05. The van der Waals surface area contributed by atoms with E-state index in [4.69, 9.17) is 5.73 Å². The number of hydrogen-bond donors (Lipinski definition) is 1. The fourth-order valence-corrected chi connectivity index (χ4v) is 1.77. The van der Waals surface area contributed by atoms with Gasteiger partial charge in [-0.05, 0) is 37.9 Å². The zero-order valence-corrected chi connectivity index (χ0v) is 8.95. The van der Waals surface area contributed by atoms with Gasteiger partial charge in [0.25, 0.3) is 0 Å². The highest BCUT2D eigenvalue weighted by Crippen LogP contribution is 2.23. The van der Waals surface area contributed by atoms with Crippen molar-refractivity contribution in [3.05, 3.63) is 30.1 Å². The molecule has 0 aromatic carbocycles. The lowest BCUT2D eigenvalue weighted by atomic mass is 9.94. The Morgan fingerprint density at radius 2 is 2.21 bits per heavy atom. The van der Waals surface area contributed by atoms with E-state index < -0.39 is 0 Å². The van der Waals surface area contributed by atoms with E-state index >= 15 is 0 Å². The number of aromatic nitrogens is 1. The quantitative estimate of drug-likeness (QED) is 0.752. The summed E-state index contributed by atoms with van der Waals surface area (Å²) in [6.45, 7) is 3.01. The Morgan fingerprint density at radius 3 is 2.79 bits per heavy atom. The molecule has 0 aliphatic heterocycles. The lowest BCUT2D eigenvalue weighted by Gasteiger charge is -2.14. The van der Waals surface area contributed by atoms with Crippen molar-refractivity contribution in [3.63, 3.8) is 0 Å². The fraction of sp³-hybridized carbons (Fsp3) is 0.583. The van der Waals surface area contributed by atoms with Crippen molar-refractivity contribution < 1.29 is 0 Å². The molecule has 78 valence electrons. The maximum Gasteiger partial charge on any atom is 0.0434 e. The first-order valence-corrected chi connectivity index (χ1v) is 5.49. The van der Waals surface area contributed by atoms with Crippen LogP contribution in [-0.2, 0) is 0 Å². The van der Waals surface area contributed by atoms with Gasteiger partial charge in [-0.1, -0.05) is 19.4 Å². The first kappa shape index (κ1) is 11.2. The summed E-state index contributed by atoms with van der Waals surface area (Å²) in [7, 11) is 0. The predicted octanol–water partition coefficient (Wildman–Crippen LogP) is 2.70. The third-order valence-corrected chi connectivity index (χ3v) is 2.50. The molecule has 14 heavy (non-hydrogen) atoms. The van der Waals surface area contributed by atoms with Gasteiger partial charge in [-0.25, -0.2) is 0 Å². The number of nitrogens with zero attached hydrogens (tertiary/aromatic N) is 1. The third-order valence-electron chi connectivity index (χ3n) is 2.50. The summed E-state index contributed by atoms with van der Waals surface area (Å²) in [6, 6.07) is 6.15. The molecule has 0 saturated carbocycles. The van der Waals surface area contributed by atoms with Crippen molar-refractivity contribution in [2.45, 2.75) is 38.5 Å². The van der Waals surface area contributed by atoms with Crippen LogP contribution in [0.1, 0.15) is 44.2 Å². The van der Waals surface area contributed by atoms with Gasteiger partial charge in [0.05, 0.1) is 0 Å². The number of hydrogen-bond acceptors (Lipinski definition) is 2. The Labute approximate surface area is 86.5 Å². The minimum Gasteiger partial charge on any atom is -0.330 e. The van der Waals surface area contributed by atoms with Gasteiger partial charge in [-0.2, -0.15) is 0 Å². The van der Waals surface area contributed by atoms with Gasteiger partial charge < -0.3 is 5.73 Å². The van der Waals surface area contributed by atoms with Crippen LogP contribution in [0.15, 0.2) is 24.4 Å². The molecule has 1 aromatic rings. The second-order valence-corrected chi connectivity index (χ2v) is 3.67. The van der Waals surface area contributed by atoms with Crippen LogP contribution in [-0.4, -0.2) is 11.5 Å². The SMILES string of the molecule is CCCC(CCCN)c1ccccn1. The lowest BCUT2D eigenvalue weighted by molar-refractivity contribution is 0.538. The summed E-state index contributed by atoms with van der Waals surface area (Å²) in [6.07, 6.45) is 6.58. The van der Waals surface area contributed by atoms with Crippen LogP contribution in [0.5, 0.6) is 0 Å². The minimum absolute atomic E-state index is 0.602. The van der Waals surface area contributed by atoms with Gasteiger partial charge in [-0.15, -0.1) is 0 Å². The molecule has 0 radical (unpaired) electrons. The van der Waals surface area contributed by atoms with Crippen LogP contribution >= 0.6 is 0 Å². The molecule has 0 aliphatic rings. The molecule has 2 heteroatoms. The van der Waals surface area contributed by atoms with Gasteiger partial charge in [0, 0.05) is 17.8 Å². The Kier molecular flexibility index (Phi) is 5.23. The van der Waals surface area contributed by atoms with Gasteiger partial charge in [-0.3, -0.25) is 4.98 Å². The first-order valence-electron chi connectivity index (χ1n) is 5.49. The molecule has 1 heterocycles. The van der Waals surface area contributed by atoms with Crippen LogP contribution in [0.25, 0.3) is 0 Å². The Hall–Kier alpha value is -0.890. The molecular formula is C12H20N2. The minimum atomic E-state index is 0.602. The molecular weight excluding hydrogens is 172 g/mol. The van der Waals surface area contributed by atoms with E-state index in [1.54, 1.807) is 0 Å². The summed E-state index contributed by atoms with van der Waals surface area (Å²) in [5.74, 6) is 0.602. The highest BCUT2D eigenvalue weighted by atomic mass is 14.7. The van der Waals surface area contributed by atoms with E-state index in [1.165, 1.54) is 25.0 Å².